The average molecular weight is 441 g/mol. The topological polar surface area (TPSA) is 107 Å². The lowest BCUT2D eigenvalue weighted by atomic mass is 9.92. The van der Waals surface area contributed by atoms with Crippen LogP contribution in [0.25, 0.3) is 0 Å². The van der Waals surface area contributed by atoms with Crippen LogP contribution in [0.4, 0.5) is 0 Å². The molecule has 1 fully saturated rings. The van der Waals surface area contributed by atoms with E-state index in [1.54, 1.807) is 0 Å². The smallest absolute Gasteiger partial charge is 0.346 e. The zero-order valence-electron chi connectivity index (χ0n) is 19.1. The van der Waals surface area contributed by atoms with Crippen LogP contribution in [0.5, 0.6) is 0 Å². The van der Waals surface area contributed by atoms with Crippen molar-refractivity contribution in [2.45, 2.75) is 128 Å². The Bertz CT molecular complexity index is 572. The van der Waals surface area contributed by atoms with Crippen molar-refractivity contribution in [3.05, 3.63) is 0 Å². The van der Waals surface area contributed by atoms with Gasteiger partial charge in [-0.2, -0.15) is 0 Å². The van der Waals surface area contributed by atoms with Crippen molar-refractivity contribution >= 4 is 23.9 Å². The Morgan fingerprint density at radius 3 is 1.55 bits per heavy atom. The zero-order chi connectivity index (χ0) is 23.0. The van der Waals surface area contributed by atoms with Gasteiger partial charge in [0.05, 0.1) is 19.3 Å². The van der Waals surface area contributed by atoms with E-state index >= 15 is 0 Å². The van der Waals surface area contributed by atoms with E-state index in [1.807, 2.05) is 0 Å². The third kappa shape index (κ3) is 12.6. The first-order valence-corrected chi connectivity index (χ1v) is 12.1. The first-order chi connectivity index (χ1) is 14.9. The summed E-state index contributed by atoms with van der Waals surface area (Å²) in [4.78, 5) is 47.0. The number of carbonyl (C=O) groups excluding carboxylic acids is 4. The Labute approximate surface area is 186 Å². The van der Waals surface area contributed by atoms with Gasteiger partial charge in [0.2, 0.25) is 0 Å². The monoisotopic (exact) mass is 440 g/mol. The number of hydrogen-bond donors (Lipinski definition) is 1. The number of ether oxygens (including phenoxy) is 2. The molecule has 1 saturated heterocycles. The van der Waals surface area contributed by atoms with Crippen molar-refractivity contribution in [3.63, 3.8) is 0 Å². The lowest BCUT2D eigenvalue weighted by molar-refractivity contribution is -0.183. The number of aliphatic hydroxyl groups is 1. The maximum atomic E-state index is 12.2. The molecule has 7 nitrogen and oxygen atoms in total. The highest BCUT2D eigenvalue weighted by atomic mass is 16.6. The van der Waals surface area contributed by atoms with Crippen LogP contribution in [0.15, 0.2) is 0 Å². The molecule has 1 N–H and O–H groups in total. The van der Waals surface area contributed by atoms with Crippen LogP contribution in [-0.4, -0.2) is 34.6 Å². The minimum Gasteiger partial charge on any atom is -0.393 e. The molecular weight excluding hydrogens is 400 g/mol. The Balaban J connectivity index is 2.18. The molecule has 1 aliphatic rings. The van der Waals surface area contributed by atoms with Crippen LogP contribution >= 0.6 is 0 Å². The van der Waals surface area contributed by atoms with Crippen molar-refractivity contribution in [3.8, 4) is 0 Å². The number of rotatable bonds is 15. The molecule has 31 heavy (non-hydrogen) atoms. The Hall–Kier alpha value is -1.76. The van der Waals surface area contributed by atoms with Crippen LogP contribution in [-0.2, 0) is 28.7 Å². The average Bonchev–Trinajstić information content (AvgIpc) is 2.71. The van der Waals surface area contributed by atoms with Crippen LogP contribution in [0, 0.1) is 0 Å². The van der Waals surface area contributed by atoms with Gasteiger partial charge in [-0.15, -0.1) is 0 Å². The second-order valence-electron chi connectivity index (χ2n) is 8.66. The minimum atomic E-state index is -2.14. The van der Waals surface area contributed by atoms with Crippen LogP contribution < -0.4 is 0 Å². The van der Waals surface area contributed by atoms with Gasteiger partial charge in [-0.1, -0.05) is 90.4 Å². The van der Waals surface area contributed by atoms with Gasteiger partial charge in [-0.25, -0.2) is 4.79 Å². The van der Waals surface area contributed by atoms with Gasteiger partial charge in [-0.3, -0.25) is 14.4 Å². The van der Waals surface area contributed by atoms with E-state index in [-0.39, 0.29) is 19.3 Å². The molecule has 0 aromatic rings. The predicted octanol–water partition coefficient (Wildman–Crippen LogP) is 4.91. The Kier molecular flexibility index (Phi) is 14.0. The van der Waals surface area contributed by atoms with E-state index in [4.69, 9.17) is 0 Å². The Morgan fingerprint density at radius 2 is 1.06 bits per heavy atom. The molecule has 0 aromatic carbocycles. The van der Waals surface area contributed by atoms with E-state index in [9.17, 15) is 24.3 Å². The van der Waals surface area contributed by atoms with Crippen LogP contribution in [0.2, 0.25) is 0 Å². The van der Waals surface area contributed by atoms with Gasteiger partial charge in [0.25, 0.3) is 0 Å². The summed E-state index contributed by atoms with van der Waals surface area (Å²) >= 11 is 0. The lowest BCUT2D eigenvalue weighted by Crippen LogP contribution is -2.44. The molecule has 1 aliphatic heterocycles. The van der Waals surface area contributed by atoms with Crippen molar-refractivity contribution < 1.29 is 33.8 Å². The second-order valence-corrected chi connectivity index (χ2v) is 8.66. The van der Waals surface area contributed by atoms with Crippen LogP contribution in [0.3, 0.4) is 0 Å². The Morgan fingerprint density at radius 1 is 0.645 bits per heavy atom. The third-order valence-corrected chi connectivity index (χ3v) is 5.73. The first kappa shape index (κ1) is 27.3. The molecule has 1 atom stereocenters. The molecule has 0 aromatic heterocycles. The van der Waals surface area contributed by atoms with Gasteiger partial charge in [0, 0.05) is 0 Å². The fourth-order valence-corrected chi connectivity index (χ4v) is 3.78. The van der Waals surface area contributed by atoms with Crippen molar-refractivity contribution in [2.75, 3.05) is 0 Å². The van der Waals surface area contributed by atoms with Gasteiger partial charge in [0.15, 0.2) is 5.60 Å². The summed E-state index contributed by atoms with van der Waals surface area (Å²) in [5.41, 5.74) is -2.14. The quantitative estimate of drug-likeness (QED) is 0.219. The van der Waals surface area contributed by atoms with E-state index in [2.05, 4.69) is 16.4 Å². The van der Waals surface area contributed by atoms with Crippen molar-refractivity contribution in [1.29, 1.82) is 0 Å². The number of esters is 4. The molecule has 1 heterocycles. The molecule has 0 saturated carbocycles. The highest BCUT2D eigenvalue weighted by Crippen LogP contribution is 2.24. The number of unbranched alkanes of at least 4 members (excludes halogenated alkanes) is 13. The number of hydrogen-bond acceptors (Lipinski definition) is 7. The van der Waals surface area contributed by atoms with E-state index in [1.165, 1.54) is 64.2 Å². The van der Waals surface area contributed by atoms with E-state index in [0.717, 1.165) is 19.3 Å². The van der Waals surface area contributed by atoms with Gasteiger partial charge < -0.3 is 14.6 Å². The molecule has 178 valence electrons. The second kappa shape index (κ2) is 16.0. The molecule has 7 heteroatoms. The molecule has 0 amide bonds. The van der Waals surface area contributed by atoms with Gasteiger partial charge in [0.1, 0.15) is 0 Å². The highest BCUT2D eigenvalue weighted by Gasteiger charge is 2.42. The maximum Gasteiger partial charge on any atom is 0.346 e. The van der Waals surface area contributed by atoms with Crippen LogP contribution in [0.1, 0.15) is 122 Å². The molecule has 0 radical (unpaired) electrons. The number of cyclic esters (lactones) is 4. The standard InChI is InChI=1S/C24H40O7/c1-2-3-4-5-6-7-8-9-10-11-12-13-14-15-18-24(29)19-22(27)30-20(25)16-17-21(26)31-23(24)28/h29H,2-19H2,1H3. The van der Waals surface area contributed by atoms with Crippen molar-refractivity contribution in [1.82, 2.24) is 0 Å². The predicted molar refractivity (Wildman–Crippen MR) is 116 cm³/mol. The summed E-state index contributed by atoms with van der Waals surface area (Å²) in [6.07, 6.45) is 15.0. The zero-order valence-corrected chi connectivity index (χ0v) is 19.1. The summed E-state index contributed by atoms with van der Waals surface area (Å²) in [7, 11) is 0. The third-order valence-electron chi connectivity index (χ3n) is 5.73. The van der Waals surface area contributed by atoms with Gasteiger partial charge in [-0.05, 0) is 12.8 Å². The summed E-state index contributed by atoms with van der Waals surface area (Å²) in [5, 5.41) is 10.6. The fourth-order valence-electron chi connectivity index (χ4n) is 3.78. The first-order valence-electron chi connectivity index (χ1n) is 12.1. The van der Waals surface area contributed by atoms with E-state index < -0.39 is 35.9 Å². The fraction of sp³-hybridized carbons (Fsp3) is 0.833. The number of carbonyl (C=O) groups is 4. The highest BCUT2D eigenvalue weighted by molar-refractivity contribution is 5.96. The van der Waals surface area contributed by atoms with Gasteiger partial charge >= 0.3 is 23.9 Å². The molecule has 0 spiro atoms. The molecule has 1 rings (SSSR count). The largest absolute Gasteiger partial charge is 0.393 e. The minimum absolute atomic E-state index is 0.0135. The van der Waals surface area contributed by atoms with E-state index in [0.29, 0.717) is 6.42 Å². The summed E-state index contributed by atoms with van der Waals surface area (Å²) in [5.74, 6) is -3.89. The summed E-state index contributed by atoms with van der Waals surface area (Å²) in [6, 6.07) is 0. The van der Waals surface area contributed by atoms with Crippen molar-refractivity contribution in [2.24, 2.45) is 0 Å². The maximum absolute atomic E-state index is 12.2. The lowest BCUT2D eigenvalue weighted by Gasteiger charge is -2.25. The molecule has 1 unspecified atom stereocenters. The summed E-state index contributed by atoms with van der Waals surface area (Å²) in [6.45, 7) is 2.23. The molecule has 0 bridgehead atoms. The SMILES string of the molecule is CCCCCCCCCCCCCCCCC1(O)CC(=O)OC(=O)CCC(=O)OC1=O. The molecule has 0 aliphatic carbocycles. The normalized spacial score (nSPS) is 20.5. The summed E-state index contributed by atoms with van der Waals surface area (Å²) < 4.78 is 9.17. The molecular formula is C24H40O7.